The topological polar surface area (TPSA) is 73.0 Å². The Morgan fingerprint density at radius 2 is 1.88 bits per heavy atom. The summed E-state index contributed by atoms with van der Waals surface area (Å²) >= 11 is 5.82. The van der Waals surface area contributed by atoms with Gasteiger partial charge in [-0.25, -0.2) is 13.1 Å². The maximum Gasteiger partial charge on any atom is 0.240 e. The summed E-state index contributed by atoms with van der Waals surface area (Å²) in [6.07, 6.45) is 1.61. The smallest absolute Gasteiger partial charge is 0.240 e. The molecular weight excluding hydrogens is 352 g/mol. The van der Waals surface area contributed by atoms with Crippen molar-refractivity contribution in [3.63, 3.8) is 0 Å². The van der Waals surface area contributed by atoms with Crippen LogP contribution in [0.25, 0.3) is 0 Å². The van der Waals surface area contributed by atoms with Crippen molar-refractivity contribution in [2.75, 3.05) is 32.8 Å². The molecule has 2 heterocycles. The van der Waals surface area contributed by atoms with E-state index in [0.717, 1.165) is 18.8 Å². The van der Waals surface area contributed by atoms with Gasteiger partial charge < -0.3 is 14.1 Å². The van der Waals surface area contributed by atoms with E-state index in [4.69, 9.17) is 20.8 Å². The van der Waals surface area contributed by atoms with Gasteiger partial charge in [0.25, 0.3) is 0 Å². The second-order valence-electron chi connectivity index (χ2n) is 5.64. The number of halogens is 1. The molecule has 0 spiro atoms. The van der Waals surface area contributed by atoms with E-state index in [1.54, 1.807) is 18.4 Å². The summed E-state index contributed by atoms with van der Waals surface area (Å²) in [7, 11) is -3.60. The molecule has 0 radical (unpaired) electrons. The van der Waals surface area contributed by atoms with Gasteiger partial charge >= 0.3 is 0 Å². The Hall–Kier alpha value is -1.38. The standard InChI is InChI=1S/C16H19ClN2O4S/c17-13-3-5-14(6-4-13)24(20,21)18-12-15(16-2-1-9-23-16)19-7-10-22-11-8-19/h1-6,9,15,18H,7-8,10-12H2/p+1/t15-/m1/s1. The molecule has 1 aliphatic rings. The molecule has 0 aliphatic carbocycles. The van der Waals surface area contributed by atoms with Gasteiger partial charge in [0, 0.05) is 5.02 Å². The van der Waals surface area contributed by atoms with E-state index in [9.17, 15) is 8.42 Å². The Bertz CT molecular complexity index is 741. The minimum Gasteiger partial charge on any atom is -0.463 e. The van der Waals surface area contributed by atoms with Gasteiger partial charge in [-0.05, 0) is 36.4 Å². The van der Waals surface area contributed by atoms with E-state index in [0.29, 0.717) is 18.2 Å². The minimum absolute atomic E-state index is 0.0917. The van der Waals surface area contributed by atoms with Gasteiger partial charge in [-0.3, -0.25) is 0 Å². The molecule has 1 aliphatic heterocycles. The second-order valence-corrected chi connectivity index (χ2v) is 7.85. The Kier molecular flexibility index (Phi) is 5.57. The second kappa shape index (κ2) is 7.67. The molecule has 1 aromatic carbocycles. The van der Waals surface area contributed by atoms with Crippen LogP contribution in [0.3, 0.4) is 0 Å². The number of quaternary nitrogens is 1. The van der Waals surface area contributed by atoms with Crippen LogP contribution in [-0.4, -0.2) is 41.3 Å². The van der Waals surface area contributed by atoms with E-state index in [1.807, 2.05) is 12.1 Å². The molecule has 0 unspecified atom stereocenters. The van der Waals surface area contributed by atoms with E-state index in [2.05, 4.69) is 4.72 Å². The van der Waals surface area contributed by atoms with Crippen molar-refractivity contribution >= 4 is 21.6 Å². The van der Waals surface area contributed by atoms with Gasteiger partial charge in [0.1, 0.15) is 13.1 Å². The molecule has 0 bridgehead atoms. The monoisotopic (exact) mass is 371 g/mol. The molecule has 1 saturated heterocycles. The predicted octanol–water partition coefficient (Wildman–Crippen LogP) is 0.868. The molecule has 1 fully saturated rings. The Morgan fingerprint density at radius 1 is 1.17 bits per heavy atom. The van der Waals surface area contributed by atoms with Crippen LogP contribution in [0.5, 0.6) is 0 Å². The number of hydrogen-bond acceptors (Lipinski definition) is 4. The number of morpholine rings is 1. The number of ether oxygens (including phenoxy) is 1. The fraction of sp³-hybridized carbons (Fsp3) is 0.375. The first-order valence-corrected chi connectivity index (χ1v) is 9.63. The lowest BCUT2D eigenvalue weighted by molar-refractivity contribution is -0.938. The lowest BCUT2D eigenvalue weighted by Gasteiger charge is -2.30. The molecule has 3 rings (SSSR count). The Morgan fingerprint density at radius 3 is 2.50 bits per heavy atom. The summed E-state index contributed by atoms with van der Waals surface area (Å²) in [6, 6.07) is 9.72. The molecule has 8 heteroatoms. The first-order valence-electron chi connectivity index (χ1n) is 7.77. The van der Waals surface area contributed by atoms with Gasteiger partial charge in [-0.15, -0.1) is 0 Å². The van der Waals surface area contributed by atoms with Gasteiger partial charge in [0.15, 0.2) is 11.8 Å². The van der Waals surface area contributed by atoms with Gasteiger partial charge in [-0.1, -0.05) is 11.6 Å². The van der Waals surface area contributed by atoms with Crippen LogP contribution in [0.4, 0.5) is 0 Å². The zero-order valence-electron chi connectivity index (χ0n) is 13.1. The first kappa shape index (κ1) is 17.4. The molecule has 1 aromatic heterocycles. The lowest BCUT2D eigenvalue weighted by Crippen LogP contribution is -3.15. The number of sulfonamides is 1. The third kappa shape index (κ3) is 4.17. The van der Waals surface area contributed by atoms with E-state index in [1.165, 1.54) is 17.0 Å². The number of nitrogens with one attached hydrogen (secondary N) is 2. The van der Waals surface area contributed by atoms with Crippen molar-refractivity contribution in [1.82, 2.24) is 4.72 Å². The molecule has 130 valence electrons. The summed E-state index contributed by atoms with van der Waals surface area (Å²) in [5, 5.41) is 0.500. The van der Waals surface area contributed by atoms with Crippen LogP contribution in [0, 0.1) is 0 Å². The van der Waals surface area contributed by atoms with Crippen LogP contribution in [0.1, 0.15) is 11.8 Å². The Balaban J connectivity index is 1.74. The van der Waals surface area contributed by atoms with Gasteiger partial charge in [0.05, 0.1) is 30.9 Å². The van der Waals surface area contributed by atoms with E-state index < -0.39 is 10.0 Å². The molecule has 24 heavy (non-hydrogen) atoms. The fourth-order valence-electron chi connectivity index (χ4n) is 2.81. The van der Waals surface area contributed by atoms with Crippen molar-refractivity contribution < 1.29 is 22.5 Å². The van der Waals surface area contributed by atoms with Crippen molar-refractivity contribution in [2.24, 2.45) is 0 Å². The number of rotatable bonds is 6. The molecular formula is C16H20ClN2O4S+. The molecule has 6 nitrogen and oxygen atoms in total. The highest BCUT2D eigenvalue weighted by molar-refractivity contribution is 7.89. The number of furan rings is 1. The SMILES string of the molecule is O=S(=O)(NC[C@H](c1ccco1)[NH+]1CCOCC1)c1ccc(Cl)cc1. The zero-order chi connectivity index (χ0) is 17.0. The summed E-state index contributed by atoms with van der Waals surface area (Å²) < 4.78 is 38.6. The van der Waals surface area contributed by atoms with E-state index >= 15 is 0 Å². The molecule has 0 saturated carbocycles. The zero-order valence-corrected chi connectivity index (χ0v) is 14.6. The van der Waals surface area contributed by atoms with Crippen LogP contribution >= 0.6 is 11.6 Å². The van der Waals surface area contributed by atoms with Crippen molar-refractivity contribution in [3.8, 4) is 0 Å². The van der Waals surface area contributed by atoms with Crippen LogP contribution in [-0.2, 0) is 14.8 Å². The normalized spacial score (nSPS) is 17.7. The summed E-state index contributed by atoms with van der Waals surface area (Å²) in [4.78, 5) is 1.44. The number of hydrogen-bond donors (Lipinski definition) is 2. The van der Waals surface area contributed by atoms with Crippen molar-refractivity contribution in [2.45, 2.75) is 10.9 Å². The maximum atomic E-state index is 12.5. The molecule has 2 aromatic rings. The minimum atomic E-state index is -3.60. The van der Waals surface area contributed by atoms with Crippen LogP contribution in [0.15, 0.2) is 52.0 Å². The Labute approximate surface area is 146 Å². The average Bonchev–Trinajstić information content (AvgIpc) is 3.11. The fourth-order valence-corrected chi connectivity index (χ4v) is 3.98. The highest BCUT2D eigenvalue weighted by atomic mass is 35.5. The molecule has 0 amide bonds. The summed E-state index contributed by atoms with van der Waals surface area (Å²) in [5.74, 6) is 0.769. The summed E-state index contributed by atoms with van der Waals surface area (Å²) in [5.41, 5.74) is 0. The highest BCUT2D eigenvalue weighted by Gasteiger charge is 2.30. The maximum absolute atomic E-state index is 12.5. The van der Waals surface area contributed by atoms with Crippen LogP contribution in [0.2, 0.25) is 5.02 Å². The van der Waals surface area contributed by atoms with Gasteiger partial charge in [-0.2, -0.15) is 0 Å². The first-order chi connectivity index (χ1) is 11.6. The molecule has 2 N–H and O–H groups in total. The van der Waals surface area contributed by atoms with Crippen molar-refractivity contribution in [1.29, 1.82) is 0 Å². The van der Waals surface area contributed by atoms with Crippen molar-refractivity contribution in [3.05, 3.63) is 53.4 Å². The lowest BCUT2D eigenvalue weighted by atomic mass is 10.2. The highest BCUT2D eigenvalue weighted by Crippen LogP contribution is 2.15. The predicted molar refractivity (Wildman–Crippen MR) is 89.6 cm³/mol. The quantitative estimate of drug-likeness (QED) is 0.790. The third-order valence-electron chi connectivity index (χ3n) is 4.12. The third-order valence-corrected chi connectivity index (χ3v) is 5.81. The number of benzene rings is 1. The molecule has 1 atom stereocenters. The van der Waals surface area contributed by atoms with Crippen LogP contribution < -0.4 is 9.62 Å². The summed E-state index contributed by atoms with van der Waals surface area (Å²) in [6.45, 7) is 3.21. The van der Waals surface area contributed by atoms with Gasteiger partial charge in [0.2, 0.25) is 10.0 Å². The average molecular weight is 372 g/mol. The largest absolute Gasteiger partial charge is 0.463 e. The van der Waals surface area contributed by atoms with E-state index in [-0.39, 0.29) is 17.5 Å².